The number of nitrogens with one attached hydrogen (secondary N) is 1. The monoisotopic (exact) mass is 299 g/mol. The minimum absolute atomic E-state index is 0.0780. The maximum Gasteiger partial charge on any atom is 0.317 e. The third kappa shape index (κ3) is 7.53. The standard InChI is InChI=1S/C14H25N3O4/c15-12(18)3-1-2-8-16-14(21)17-9-6-11(7-10-17)4-5-13(19)20/h11H,1-10H2,(H2,15,18)(H,16,21)(H,19,20). The Labute approximate surface area is 124 Å². The van der Waals surface area contributed by atoms with Crippen molar-refractivity contribution in [2.24, 2.45) is 11.7 Å². The van der Waals surface area contributed by atoms with Crippen molar-refractivity contribution in [2.75, 3.05) is 19.6 Å². The number of primary amides is 1. The number of carboxylic acid groups (broad SMARTS) is 1. The summed E-state index contributed by atoms with van der Waals surface area (Å²) < 4.78 is 0. The van der Waals surface area contributed by atoms with Crippen LogP contribution in [0.2, 0.25) is 0 Å². The van der Waals surface area contributed by atoms with E-state index in [1.165, 1.54) is 0 Å². The van der Waals surface area contributed by atoms with Crippen LogP contribution in [-0.2, 0) is 9.59 Å². The fourth-order valence-corrected chi connectivity index (χ4v) is 2.48. The Morgan fingerprint density at radius 3 is 2.38 bits per heavy atom. The van der Waals surface area contributed by atoms with E-state index >= 15 is 0 Å². The van der Waals surface area contributed by atoms with Crippen molar-refractivity contribution >= 4 is 17.9 Å². The Morgan fingerprint density at radius 1 is 1.14 bits per heavy atom. The van der Waals surface area contributed by atoms with E-state index in [-0.39, 0.29) is 18.4 Å². The molecule has 4 N–H and O–H groups in total. The summed E-state index contributed by atoms with van der Waals surface area (Å²) in [7, 11) is 0. The van der Waals surface area contributed by atoms with E-state index in [4.69, 9.17) is 10.8 Å². The van der Waals surface area contributed by atoms with E-state index < -0.39 is 5.97 Å². The molecule has 1 heterocycles. The van der Waals surface area contributed by atoms with Gasteiger partial charge in [-0.05, 0) is 38.0 Å². The number of nitrogens with two attached hydrogens (primary N) is 1. The van der Waals surface area contributed by atoms with E-state index in [1.54, 1.807) is 4.90 Å². The van der Waals surface area contributed by atoms with E-state index in [0.29, 0.717) is 44.8 Å². The van der Waals surface area contributed by atoms with Crippen LogP contribution in [0.15, 0.2) is 0 Å². The van der Waals surface area contributed by atoms with Crippen molar-refractivity contribution in [1.82, 2.24) is 10.2 Å². The second kappa shape index (κ2) is 9.20. The van der Waals surface area contributed by atoms with Gasteiger partial charge in [-0.2, -0.15) is 0 Å². The molecule has 21 heavy (non-hydrogen) atoms. The third-order valence-electron chi connectivity index (χ3n) is 3.79. The number of carboxylic acids is 1. The van der Waals surface area contributed by atoms with Crippen LogP contribution in [0.3, 0.4) is 0 Å². The predicted octanol–water partition coefficient (Wildman–Crippen LogP) is 0.928. The number of likely N-dealkylation sites (tertiary alicyclic amines) is 1. The molecular formula is C14H25N3O4. The largest absolute Gasteiger partial charge is 0.481 e. The molecule has 1 aliphatic rings. The van der Waals surface area contributed by atoms with Gasteiger partial charge in [-0.3, -0.25) is 9.59 Å². The lowest BCUT2D eigenvalue weighted by molar-refractivity contribution is -0.137. The molecule has 1 aliphatic heterocycles. The Hall–Kier alpha value is -1.79. The molecule has 7 nitrogen and oxygen atoms in total. The van der Waals surface area contributed by atoms with Gasteiger partial charge in [0.1, 0.15) is 0 Å². The summed E-state index contributed by atoms with van der Waals surface area (Å²) in [4.78, 5) is 34.8. The number of rotatable bonds is 8. The van der Waals surface area contributed by atoms with Gasteiger partial charge in [0.05, 0.1) is 0 Å². The number of unbranched alkanes of at least 4 members (excludes halogenated alkanes) is 1. The average Bonchev–Trinajstić information content (AvgIpc) is 2.44. The highest BCUT2D eigenvalue weighted by atomic mass is 16.4. The van der Waals surface area contributed by atoms with Crippen LogP contribution >= 0.6 is 0 Å². The van der Waals surface area contributed by atoms with Crippen LogP contribution in [0.25, 0.3) is 0 Å². The summed E-state index contributed by atoms with van der Waals surface area (Å²) in [6.07, 6.45) is 4.40. The Bertz CT molecular complexity index is 365. The van der Waals surface area contributed by atoms with Gasteiger partial charge >= 0.3 is 12.0 Å². The fourth-order valence-electron chi connectivity index (χ4n) is 2.48. The molecule has 1 saturated heterocycles. The summed E-state index contributed by atoms with van der Waals surface area (Å²) >= 11 is 0. The topological polar surface area (TPSA) is 113 Å². The molecule has 7 heteroatoms. The zero-order valence-electron chi connectivity index (χ0n) is 12.3. The zero-order chi connectivity index (χ0) is 15.7. The molecule has 0 unspecified atom stereocenters. The summed E-state index contributed by atoms with van der Waals surface area (Å²) in [5, 5.41) is 11.5. The number of urea groups is 1. The summed E-state index contributed by atoms with van der Waals surface area (Å²) in [6, 6.07) is -0.0780. The maximum atomic E-state index is 11.9. The van der Waals surface area contributed by atoms with E-state index in [0.717, 1.165) is 19.3 Å². The van der Waals surface area contributed by atoms with Crippen LogP contribution in [0.4, 0.5) is 4.79 Å². The lowest BCUT2D eigenvalue weighted by Gasteiger charge is -2.31. The Morgan fingerprint density at radius 2 is 1.81 bits per heavy atom. The van der Waals surface area contributed by atoms with Gasteiger partial charge < -0.3 is 21.1 Å². The molecule has 0 radical (unpaired) electrons. The van der Waals surface area contributed by atoms with E-state index in [2.05, 4.69) is 5.32 Å². The summed E-state index contributed by atoms with van der Waals surface area (Å²) in [5.41, 5.74) is 5.04. The number of carbonyl (C=O) groups is 3. The highest BCUT2D eigenvalue weighted by Crippen LogP contribution is 2.21. The van der Waals surface area contributed by atoms with Crippen molar-refractivity contribution in [3.63, 3.8) is 0 Å². The van der Waals surface area contributed by atoms with E-state index in [9.17, 15) is 14.4 Å². The number of piperidine rings is 1. The molecule has 1 fully saturated rings. The normalized spacial score (nSPS) is 15.7. The minimum atomic E-state index is -0.758. The highest BCUT2D eigenvalue weighted by molar-refractivity contribution is 5.74. The van der Waals surface area contributed by atoms with Crippen LogP contribution < -0.4 is 11.1 Å². The first-order valence-corrected chi connectivity index (χ1v) is 7.52. The molecule has 0 aromatic heterocycles. The predicted molar refractivity (Wildman–Crippen MR) is 77.6 cm³/mol. The van der Waals surface area contributed by atoms with Gasteiger partial charge in [-0.25, -0.2) is 4.79 Å². The van der Waals surface area contributed by atoms with Gasteiger partial charge in [0.2, 0.25) is 5.91 Å². The van der Waals surface area contributed by atoms with Crippen LogP contribution in [-0.4, -0.2) is 47.5 Å². The van der Waals surface area contributed by atoms with Gasteiger partial charge in [0, 0.05) is 32.5 Å². The molecule has 3 amide bonds. The quantitative estimate of drug-likeness (QED) is 0.578. The van der Waals surface area contributed by atoms with E-state index in [1.807, 2.05) is 0 Å². The SMILES string of the molecule is NC(=O)CCCCNC(=O)N1CCC(CCC(=O)O)CC1. The van der Waals surface area contributed by atoms with Gasteiger partial charge in [0.25, 0.3) is 0 Å². The molecule has 0 aromatic carbocycles. The number of hydrogen-bond donors (Lipinski definition) is 3. The van der Waals surface area contributed by atoms with Crippen molar-refractivity contribution in [3.8, 4) is 0 Å². The second-order valence-corrected chi connectivity index (χ2v) is 5.52. The third-order valence-corrected chi connectivity index (χ3v) is 3.79. The zero-order valence-corrected chi connectivity index (χ0v) is 12.3. The number of aliphatic carboxylic acids is 1. The summed E-state index contributed by atoms with van der Waals surface area (Å²) in [6.45, 7) is 1.90. The molecule has 120 valence electrons. The van der Waals surface area contributed by atoms with Crippen molar-refractivity contribution < 1.29 is 19.5 Å². The molecule has 0 aromatic rings. The second-order valence-electron chi connectivity index (χ2n) is 5.52. The first-order valence-electron chi connectivity index (χ1n) is 7.52. The molecule has 0 bridgehead atoms. The molecular weight excluding hydrogens is 274 g/mol. The first kappa shape index (κ1) is 17.3. The number of amides is 3. The molecule has 0 spiro atoms. The number of hydrogen-bond acceptors (Lipinski definition) is 3. The fraction of sp³-hybridized carbons (Fsp3) is 0.786. The minimum Gasteiger partial charge on any atom is -0.481 e. The van der Waals surface area contributed by atoms with Crippen LogP contribution in [0.5, 0.6) is 0 Å². The maximum absolute atomic E-state index is 11.9. The molecule has 0 atom stereocenters. The average molecular weight is 299 g/mol. The highest BCUT2D eigenvalue weighted by Gasteiger charge is 2.22. The molecule has 0 aliphatic carbocycles. The van der Waals surface area contributed by atoms with Crippen molar-refractivity contribution in [1.29, 1.82) is 0 Å². The van der Waals surface area contributed by atoms with Gasteiger partial charge in [0.15, 0.2) is 0 Å². The van der Waals surface area contributed by atoms with Crippen LogP contribution in [0.1, 0.15) is 44.9 Å². The van der Waals surface area contributed by atoms with Crippen LogP contribution in [0, 0.1) is 5.92 Å². The van der Waals surface area contributed by atoms with Crippen molar-refractivity contribution in [2.45, 2.75) is 44.9 Å². The van der Waals surface area contributed by atoms with Gasteiger partial charge in [-0.15, -0.1) is 0 Å². The van der Waals surface area contributed by atoms with Gasteiger partial charge in [-0.1, -0.05) is 0 Å². The van der Waals surface area contributed by atoms with Crippen molar-refractivity contribution in [3.05, 3.63) is 0 Å². The Kier molecular flexibility index (Phi) is 7.56. The number of carbonyl (C=O) groups excluding carboxylic acids is 2. The smallest absolute Gasteiger partial charge is 0.317 e. The number of nitrogens with zero attached hydrogens (tertiary/aromatic N) is 1. The summed E-state index contributed by atoms with van der Waals surface area (Å²) in [5.74, 6) is -0.670. The Balaban J connectivity index is 2.11. The molecule has 0 saturated carbocycles. The molecule has 1 rings (SSSR count). The lowest BCUT2D eigenvalue weighted by Crippen LogP contribution is -2.44. The lowest BCUT2D eigenvalue weighted by atomic mass is 9.92. The first-order chi connectivity index (χ1) is 9.99.